The normalized spacial score (nSPS) is 27.0. The minimum absolute atomic E-state index is 0.0597. The highest BCUT2D eigenvalue weighted by Crippen LogP contribution is 2.69. The number of ether oxygens (including phenoxy) is 4. The molecule has 8 aliphatic rings. The topological polar surface area (TPSA) is 145 Å². The fraction of sp³-hybridized carbons (Fsp3) is 0.588. The molecule has 6 aromatic carbocycles. The van der Waals surface area contributed by atoms with Crippen LogP contribution < -0.4 is 31.3 Å². The lowest BCUT2D eigenvalue weighted by atomic mass is 9.44. The molecule has 14 nitrogen and oxygen atoms in total. The number of hydrogen-bond acceptors (Lipinski definition) is 14. The van der Waals surface area contributed by atoms with Crippen molar-refractivity contribution in [3.63, 3.8) is 0 Å². The van der Waals surface area contributed by atoms with Crippen LogP contribution in [0, 0.1) is 58.2 Å². The average molecular weight is 1630 g/mol. The van der Waals surface area contributed by atoms with Gasteiger partial charge in [0.25, 0.3) is 0 Å². The Balaban J connectivity index is 0.795. The van der Waals surface area contributed by atoms with E-state index in [-0.39, 0.29) is 59.1 Å². The van der Waals surface area contributed by atoms with Gasteiger partial charge < -0.3 is 56.2 Å². The lowest BCUT2D eigenvalue weighted by Gasteiger charge is -2.61. The van der Waals surface area contributed by atoms with E-state index in [1.807, 2.05) is 220 Å². The van der Waals surface area contributed by atoms with Gasteiger partial charge in [0.1, 0.15) is 37.6 Å². The van der Waals surface area contributed by atoms with Crippen LogP contribution in [0.3, 0.4) is 0 Å². The van der Waals surface area contributed by atoms with Crippen LogP contribution in [0.2, 0.25) is 10.0 Å². The first-order valence-corrected chi connectivity index (χ1v) is 44.5. The molecule has 2 unspecified atom stereocenters. The maximum atomic E-state index is 15.4. The van der Waals surface area contributed by atoms with E-state index in [1.165, 1.54) is 77.0 Å². The molecule has 0 aromatic heterocycles. The Hall–Kier alpha value is -5.88. The van der Waals surface area contributed by atoms with Crippen LogP contribution in [0.25, 0.3) is 5.57 Å². The quantitative estimate of drug-likeness (QED) is 0.0375. The summed E-state index contributed by atoms with van der Waals surface area (Å²) in [5.74, 6) is 4.96. The minimum atomic E-state index is -0.653. The second kappa shape index (κ2) is 33.4. The Bertz CT molecular complexity index is 4300. The van der Waals surface area contributed by atoms with Gasteiger partial charge in [-0.05, 0) is 325 Å². The number of carbonyl (C=O) groups excluding carboxylic acids is 2. The number of carbonyl (C=O) groups is 2. The fourth-order valence-electron chi connectivity index (χ4n) is 20.4. The maximum absolute atomic E-state index is 15.4. The molecule has 0 N–H and O–H groups in total. The van der Waals surface area contributed by atoms with Gasteiger partial charge in [-0.25, -0.2) is 9.59 Å². The molecule has 0 spiro atoms. The van der Waals surface area contributed by atoms with Crippen LogP contribution in [0.5, 0.6) is 11.5 Å². The number of benzene rings is 6. The highest BCUT2D eigenvalue weighted by Gasteiger charge is 2.62. The number of esters is 2. The number of halogens is 2. The number of allylic oxidation sites excluding steroid dienone is 1. The van der Waals surface area contributed by atoms with Crippen molar-refractivity contribution in [3.05, 3.63) is 182 Å². The van der Waals surface area contributed by atoms with Crippen molar-refractivity contribution >= 4 is 91.0 Å². The molecule has 0 radical (unpaired) electrons. The summed E-state index contributed by atoms with van der Waals surface area (Å²) in [5.41, 5.74) is 5.30. The predicted molar refractivity (Wildman–Crippen MR) is 471 cm³/mol. The summed E-state index contributed by atoms with van der Waals surface area (Å²) >= 11 is 15.3. The molecule has 117 heavy (non-hydrogen) atoms. The monoisotopic (exact) mass is 1630 g/mol. The van der Waals surface area contributed by atoms with Crippen molar-refractivity contribution in [1.82, 2.24) is 0 Å². The first-order chi connectivity index (χ1) is 55.0. The van der Waals surface area contributed by atoms with Crippen molar-refractivity contribution in [2.45, 2.75) is 307 Å². The highest BCUT2D eigenvalue weighted by molar-refractivity contribution is 6.63. The molecule has 14 rings (SSSR count). The largest absolute Gasteiger partial charge is 0.494 e. The Labute approximate surface area is 710 Å². The summed E-state index contributed by atoms with van der Waals surface area (Å²) in [6, 6.07) is 38.5. The lowest BCUT2D eigenvalue weighted by Crippen LogP contribution is -2.53. The van der Waals surface area contributed by atoms with E-state index in [4.69, 9.17) is 79.4 Å². The molecule has 4 heterocycles. The third-order valence-corrected chi connectivity index (χ3v) is 31.1. The molecule has 9 atom stereocenters. The van der Waals surface area contributed by atoms with E-state index in [0.29, 0.717) is 45.8 Å². The smallest absolute Gasteiger partial charge is 0.486 e. The molecular formula is C97H128B4Cl2O14. The Morgan fingerprint density at radius 2 is 0.795 bits per heavy atom. The molecule has 4 saturated carbocycles. The van der Waals surface area contributed by atoms with Crippen LogP contribution in [0.4, 0.5) is 0 Å². The lowest BCUT2D eigenvalue weighted by molar-refractivity contribution is -0.121. The van der Waals surface area contributed by atoms with E-state index in [9.17, 15) is 0 Å². The Morgan fingerprint density at radius 3 is 1.17 bits per heavy atom. The van der Waals surface area contributed by atoms with E-state index in [1.54, 1.807) is 12.1 Å². The third-order valence-electron chi connectivity index (χ3n) is 30.6. The fourth-order valence-corrected chi connectivity index (χ4v) is 20.9. The second-order valence-corrected chi connectivity index (χ2v) is 41.6. The van der Waals surface area contributed by atoms with E-state index < -0.39 is 85.2 Å². The predicted octanol–water partition coefficient (Wildman–Crippen LogP) is 21.0. The van der Waals surface area contributed by atoms with Gasteiger partial charge in [-0.15, -0.1) is 0 Å². The summed E-state index contributed by atoms with van der Waals surface area (Å²) in [7, 11) is -2.24. The van der Waals surface area contributed by atoms with Gasteiger partial charge in [-0.2, -0.15) is 0 Å². The molecule has 4 saturated heterocycles. The number of fused-ring (bicyclic) bond motifs is 5. The van der Waals surface area contributed by atoms with Crippen molar-refractivity contribution in [1.29, 1.82) is 0 Å². The zero-order valence-electron chi connectivity index (χ0n) is 73.8. The molecule has 20 heteroatoms. The zero-order chi connectivity index (χ0) is 84.0. The van der Waals surface area contributed by atoms with Crippen LogP contribution in [0.1, 0.15) is 289 Å². The molecule has 8 fully saturated rings. The van der Waals surface area contributed by atoms with Gasteiger partial charge >= 0.3 is 40.4 Å². The summed E-state index contributed by atoms with van der Waals surface area (Å²) in [6.07, 6.45) is 19.7. The minimum Gasteiger partial charge on any atom is -0.486 e. The van der Waals surface area contributed by atoms with Crippen LogP contribution in [-0.4, -0.2) is 85.2 Å². The standard InChI is InChI=1S/C97H128B4Cl2O14/c1-61(2)24-22-25-62(3)79-46-47-80-76-45-36-70-52-63(48-50-96(70,20)81(76)49-51-97(79,80)21)26-23-27-75(68-53-77(86(104)108-59-66-32-41-73(42-33-66)100-114-92(12,13)93(14,15)115-100)84(82(102)55-68)106-57-64-28-37-71(38-29-64)98-110-88(4,5)89(6,7)111-98)69-54-78(87(105)109-60-67-34-43-74(44-35-67)101-116-94(16,17)95(18,19)117-101)85(83(103)56-69)107-58-65-30-39-72(40-31-65)99-112-90(8,9)91(10,11)113-99/h27-35,37-44,53-56,61-63,70,76,79-81H,22-26,36,45-52,57-60H2,1-21H3/t62-,63?,70?,76+,79-,80+,81+,96+,97-/m1/s1. The summed E-state index contributed by atoms with van der Waals surface area (Å²) in [4.78, 5) is 30.7. The van der Waals surface area contributed by atoms with Crippen molar-refractivity contribution in [2.24, 2.45) is 58.2 Å². The maximum Gasteiger partial charge on any atom is 0.494 e. The van der Waals surface area contributed by atoms with Crippen molar-refractivity contribution in [3.8, 4) is 11.5 Å². The Kier molecular flexibility index (Phi) is 25.0. The van der Waals surface area contributed by atoms with Crippen LogP contribution >= 0.6 is 23.2 Å². The van der Waals surface area contributed by atoms with Gasteiger partial charge in [-0.1, -0.05) is 180 Å². The van der Waals surface area contributed by atoms with E-state index in [2.05, 4.69) is 40.7 Å². The van der Waals surface area contributed by atoms with Gasteiger partial charge in [0.15, 0.2) is 11.5 Å². The van der Waals surface area contributed by atoms with Gasteiger partial charge in [0.2, 0.25) is 0 Å². The molecule has 6 aromatic rings. The van der Waals surface area contributed by atoms with Crippen LogP contribution in [-0.2, 0) is 73.1 Å². The van der Waals surface area contributed by atoms with Gasteiger partial charge in [0, 0.05) is 0 Å². The molecule has 626 valence electrons. The molecule has 0 bridgehead atoms. The highest BCUT2D eigenvalue weighted by atomic mass is 35.5. The Morgan fingerprint density at radius 1 is 0.436 bits per heavy atom. The number of hydrogen-bond donors (Lipinski definition) is 0. The molecule has 4 aliphatic heterocycles. The van der Waals surface area contributed by atoms with Crippen molar-refractivity contribution < 1.29 is 65.8 Å². The molecule has 4 aliphatic carbocycles. The van der Waals surface area contributed by atoms with E-state index >= 15 is 9.59 Å². The average Bonchev–Trinajstić information content (AvgIpc) is 1.69. The SMILES string of the molecule is CC(C)CCC[C@@H](C)[C@H]1CC[C@H]2[C@@H]3CCC4CC(CCC=C(c5cc(Cl)c(OCc6ccc(B7OC(C)(C)C(C)(C)O7)cc6)c(C(=O)OCc6ccc(B7OC(C)(C)C(C)(C)O7)cc6)c5)c5cc(Cl)c(OCc6ccc(B7OC(C)(C)C(C)(C)O7)cc6)c(C(=O)OCc6ccc(B7OC(C)(C)C(C)(C)O7)cc6)c5)CC[C@]4(C)[C@H]3CC[C@]12C. The third kappa shape index (κ3) is 17.9. The van der Waals surface area contributed by atoms with E-state index in [0.717, 1.165) is 86.0 Å². The van der Waals surface area contributed by atoms with Crippen LogP contribution in [0.15, 0.2) is 127 Å². The van der Waals surface area contributed by atoms with Gasteiger partial charge in [-0.3, -0.25) is 0 Å². The number of rotatable bonds is 26. The molecular weight excluding hydrogens is 1500 g/mol. The van der Waals surface area contributed by atoms with Crippen molar-refractivity contribution in [2.75, 3.05) is 0 Å². The zero-order valence-corrected chi connectivity index (χ0v) is 75.3. The summed E-state index contributed by atoms with van der Waals surface area (Å²) in [5, 5.41) is 0.361. The first kappa shape index (κ1) is 87.5. The first-order valence-electron chi connectivity index (χ1n) is 43.7. The molecule has 0 amide bonds. The second-order valence-electron chi connectivity index (χ2n) is 40.7. The summed E-state index contributed by atoms with van der Waals surface area (Å²) < 4.78 is 77.4. The summed E-state index contributed by atoms with van der Waals surface area (Å²) in [6.45, 7) is 45.3. The van der Waals surface area contributed by atoms with Gasteiger partial charge in [0.05, 0.1) is 54.9 Å².